The predicted molar refractivity (Wildman–Crippen MR) is 64.9 cm³/mol. The predicted octanol–water partition coefficient (Wildman–Crippen LogP) is 1.18. The number of esters is 1. The highest BCUT2D eigenvalue weighted by molar-refractivity contribution is 9.10. The number of aromatic nitrogens is 2. The molecule has 0 saturated heterocycles. The highest BCUT2D eigenvalue weighted by Gasteiger charge is 2.07. The molecule has 0 aliphatic rings. The molecule has 16 heavy (non-hydrogen) atoms. The molecule has 0 aromatic carbocycles. The molecule has 0 aliphatic heterocycles. The van der Waals surface area contributed by atoms with E-state index in [4.69, 9.17) is 5.84 Å². The SMILES string of the molecule is COC(=O)CCSc1nc(NN)ncc1Br. The van der Waals surface area contributed by atoms with Crippen LogP contribution >= 0.6 is 27.7 Å². The molecule has 1 aromatic rings. The Kier molecular flexibility index (Phi) is 5.50. The van der Waals surface area contributed by atoms with Crippen molar-refractivity contribution in [2.45, 2.75) is 11.4 Å². The van der Waals surface area contributed by atoms with E-state index in [0.717, 1.165) is 9.50 Å². The lowest BCUT2D eigenvalue weighted by molar-refractivity contribution is -0.140. The van der Waals surface area contributed by atoms with Gasteiger partial charge in [0, 0.05) is 11.9 Å². The fraction of sp³-hybridized carbons (Fsp3) is 0.375. The van der Waals surface area contributed by atoms with Crippen LogP contribution in [0.5, 0.6) is 0 Å². The summed E-state index contributed by atoms with van der Waals surface area (Å²) in [5.74, 6) is 5.88. The maximum Gasteiger partial charge on any atom is 0.306 e. The molecule has 0 aliphatic carbocycles. The van der Waals surface area contributed by atoms with Crippen LogP contribution in [0.15, 0.2) is 15.7 Å². The molecule has 1 aromatic heterocycles. The number of carbonyl (C=O) groups excluding carboxylic acids is 1. The molecule has 88 valence electrons. The first-order valence-electron chi connectivity index (χ1n) is 4.36. The molecule has 8 heteroatoms. The fourth-order valence-corrected chi connectivity index (χ4v) is 2.19. The number of ether oxygens (including phenoxy) is 1. The number of hydrogen-bond donors (Lipinski definition) is 2. The number of carbonyl (C=O) groups is 1. The van der Waals surface area contributed by atoms with Gasteiger partial charge in [0.25, 0.3) is 0 Å². The van der Waals surface area contributed by atoms with Gasteiger partial charge < -0.3 is 4.74 Å². The minimum absolute atomic E-state index is 0.241. The van der Waals surface area contributed by atoms with Crippen LogP contribution in [0.3, 0.4) is 0 Å². The topological polar surface area (TPSA) is 90.1 Å². The van der Waals surface area contributed by atoms with Crippen molar-refractivity contribution in [2.24, 2.45) is 5.84 Å². The molecule has 0 radical (unpaired) electrons. The first kappa shape index (κ1) is 13.2. The highest BCUT2D eigenvalue weighted by atomic mass is 79.9. The standard InChI is InChI=1S/C8H11BrN4O2S/c1-15-6(14)2-3-16-7-5(9)4-11-8(12-7)13-10/h4H,2-3,10H2,1H3,(H,11,12,13). The second-order valence-electron chi connectivity index (χ2n) is 2.67. The number of anilines is 1. The Balaban J connectivity index is 2.55. The molecule has 0 amide bonds. The third kappa shape index (κ3) is 3.95. The molecule has 3 N–H and O–H groups in total. The number of nitrogen functional groups attached to an aromatic ring is 1. The van der Waals surface area contributed by atoms with E-state index in [1.54, 1.807) is 6.20 Å². The van der Waals surface area contributed by atoms with Crippen molar-refractivity contribution < 1.29 is 9.53 Å². The first-order chi connectivity index (χ1) is 7.67. The second-order valence-corrected chi connectivity index (χ2v) is 4.60. The van der Waals surface area contributed by atoms with E-state index in [-0.39, 0.29) is 5.97 Å². The summed E-state index contributed by atoms with van der Waals surface area (Å²) in [6.45, 7) is 0. The van der Waals surface area contributed by atoms with Crippen molar-refractivity contribution in [3.05, 3.63) is 10.7 Å². The van der Waals surface area contributed by atoms with Gasteiger partial charge in [0.2, 0.25) is 5.95 Å². The molecule has 1 rings (SSSR count). The van der Waals surface area contributed by atoms with Crippen LogP contribution in [-0.2, 0) is 9.53 Å². The maximum atomic E-state index is 10.9. The van der Waals surface area contributed by atoms with E-state index in [1.165, 1.54) is 18.9 Å². The van der Waals surface area contributed by atoms with Crippen molar-refractivity contribution in [1.82, 2.24) is 9.97 Å². The quantitative estimate of drug-likeness (QED) is 0.277. The minimum Gasteiger partial charge on any atom is -0.469 e. The summed E-state index contributed by atoms with van der Waals surface area (Å²) >= 11 is 4.74. The summed E-state index contributed by atoms with van der Waals surface area (Å²) < 4.78 is 5.30. The van der Waals surface area contributed by atoms with Crippen molar-refractivity contribution >= 4 is 39.6 Å². The van der Waals surface area contributed by atoms with Crippen LogP contribution in [0.25, 0.3) is 0 Å². The Hall–Kier alpha value is -0.860. The van der Waals surface area contributed by atoms with Crippen molar-refractivity contribution in [2.75, 3.05) is 18.3 Å². The summed E-state index contributed by atoms with van der Waals surface area (Å²) in [7, 11) is 1.37. The summed E-state index contributed by atoms with van der Waals surface area (Å²) in [6, 6.07) is 0. The smallest absolute Gasteiger partial charge is 0.306 e. The third-order valence-corrected chi connectivity index (χ3v) is 3.45. The zero-order chi connectivity index (χ0) is 12.0. The number of halogens is 1. The normalized spacial score (nSPS) is 9.94. The highest BCUT2D eigenvalue weighted by Crippen LogP contribution is 2.25. The van der Waals surface area contributed by atoms with Gasteiger partial charge in [-0.15, -0.1) is 11.8 Å². The lowest BCUT2D eigenvalue weighted by Crippen LogP contribution is -2.10. The average molecular weight is 307 g/mol. The number of rotatable bonds is 5. The molecular weight excluding hydrogens is 296 g/mol. The van der Waals surface area contributed by atoms with Gasteiger partial charge in [0.05, 0.1) is 18.0 Å². The average Bonchev–Trinajstić information content (AvgIpc) is 2.31. The number of hydrazine groups is 1. The van der Waals surface area contributed by atoms with Crippen molar-refractivity contribution in [1.29, 1.82) is 0 Å². The van der Waals surface area contributed by atoms with E-state index < -0.39 is 0 Å². The molecule has 0 spiro atoms. The van der Waals surface area contributed by atoms with Gasteiger partial charge in [-0.05, 0) is 15.9 Å². The molecule has 0 fully saturated rings. The summed E-state index contributed by atoms with van der Waals surface area (Å²) in [6.07, 6.45) is 1.94. The molecular formula is C8H11BrN4O2S. The van der Waals surface area contributed by atoms with Crippen LogP contribution in [0.4, 0.5) is 5.95 Å². The molecule has 6 nitrogen and oxygen atoms in total. The van der Waals surface area contributed by atoms with E-state index in [1.807, 2.05) is 0 Å². The lowest BCUT2D eigenvalue weighted by Gasteiger charge is -2.04. The lowest BCUT2D eigenvalue weighted by atomic mass is 10.5. The Morgan fingerprint density at radius 3 is 3.12 bits per heavy atom. The van der Waals surface area contributed by atoms with E-state index in [0.29, 0.717) is 18.1 Å². The second kappa shape index (κ2) is 6.66. The maximum absolute atomic E-state index is 10.9. The van der Waals surface area contributed by atoms with Gasteiger partial charge in [-0.2, -0.15) is 0 Å². The zero-order valence-electron chi connectivity index (χ0n) is 8.57. The molecule has 1 heterocycles. The number of hydrogen-bond acceptors (Lipinski definition) is 7. The molecule has 0 unspecified atom stereocenters. The van der Waals surface area contributed by atoms with E-state index in [2.05, 4.69) is 36.1 Å². The first-order valence-corrected chi connectivity index (χ1v) is 6.14. The Morgan fingerprint density at radius 1 is 1.75 bits per heavy atom. The van der Waals surface area contributed by atoms with Crippen LogP contribution < -0.4 is 11.3 Å². The zero-order valence-corrected chi connectivity index (χ0v) is 11.0. The van der Waals surface area contributed by atoms with Gasteiger partial charge in [0.15, 0.2) is 0 Å². The van der Waals surface area contributed by atoms with Crippen LogP contribution in [-0.4, -0.2) is 28.8 Å². The van der Waals surface area contributed by atoms with Gasteiger partial charge in [-0.25, -0.2) is 15.8 Å². The molecule has 0 saturated carbocycles. The van der Waals surface area contributed by atoms with Gasteiger partial charge in [-0.3, -0.25) is 10.2 Å². The largest absolute Gasteiger partial charge is 0.469 e. The minimum atomic E-state index is -0.241. The molecule has 0 atom stereocenters. The van der Waals surface area contributed by atoms with E-state index >= 15 is 0 Å². The van der Waals surface area contributed by atoms with Crippen molar-refractivity contribution in [3.8, 4) is 0 Å². The fourth-order valence-electron chi connectivity index (χ4n) is 0.855. The number of nitrogens with one attached hydrogen (secondary N) is 1. The third-order valence-electron chi connectivity index (χ3n) is 1.61. The number of nitrogens with zero attached hydrogens (tertiary/aromatic N) is 2. The number of methoxy groups -OCH3 is 1. The van der Waals surface area contributed by atoms with Crippen LogP contribution in [0.2, 0.25) is 0 Å². The van der Waals surface area contributed by atoms with Gasteiger partial charge in [-0.1, -0.05) is 0 Å². The van der Waals surface area contributed by atoms with Gasteiger partial charge in [0.1, 0.15) is 5.03 Å². The Morgan fingerprint density at radius 2 is 2.50 bits per heavy atom. The van der Waals surface area contributed by atoms with Crippen LogP contribution in [0.1, 0.15) is 6.42 Å². The number of nitrogens with two attached hydrogens (primary N) is 1. The van der Waals surface area contributed by atoms with Gasteiger partial charge >= 0.3 is 5.97 Å². The summed E-state index contributed by atoms with van der Waals surface area (Å²) in [5.41, 5.74) is 2.36. The van der Waals surface area contributed by atoms with E-state index in [9.17, 15) is 4.79 Å². The van der Waals surface area contributed by atoms with Crippen LogP contribution in [0, 0.1) is 0 Å². The number of thioether (sulfide) groups is 1. The summed E-state index contributed by atoms with van der Waals surface area (Å²) in [4.78, 5) is 18.9. The monoisotopic (exact) mass is 306 g/mol. The Bertz CT molecular complexity index is 377. The van der Waals surface area contributed by atoms with Crippen molar-refractivity contribution in [3.63, 3.8) is 0 Å². The Labute approximate surface area is 105 Å². The molecule has 0 bridgehead atoms. The summed E-state index contributed by atoms with van der Waals surface area (Å²) in [5, 5.41) is 0.729.